The van der Waals surface area contributed by atoms with Crippen LogP contribution < -0.4 is 5.32 Å². The molecule has 1 aromatic rings. The number of hydrogen-bond donors (Lipinski definition) is 1. The van der Waals surface area contributed by atoms with Gasteiger partial charge in [-0.05, 0) is 12.5 Å². The van der Waals surface area contributed by atoms with E-state index in [4.69, 9.17) is 0 Å². The lowest BCUT2D eigenvalue weighted by Crippen LogP contribution is -2.33. The predicted molar refractivity (Wildman–Crippen MR) is 72.4 cm³/mol. The number of carbonyl (C=O) groups is 2. The van der Waals surface area contributed by atoms with Crippen LogP contribution in [0.3, 0.4) is 0 Å². The zero-order chi connectivity index (χ0) is 13.0. The van der Waals surface area contributed by atoms with Crippen molar-refractivity contribution in [3.8, 4) is 0 Å². The molecule has 2 rings (SSSR count). The van der Waals surface area contributed by atoms with Crippen molar-refractivity contribution in [3.05, 3.63) is 35.9 Å². The molecule has 1 saturated heterocycles. The summed E-state index contributed by atoms with van der Waals surface area (Å²) in [7, 11) is 0. The second kappa shape index (κ2) is 5.91. The van der Waals surface area contributed by atoms with E-state index in [-0.39, 0.29) is 18.5 Å². The molecule has 0 spiro atoms. The van der Waals surface area contributed by atoms with Crippen LogP contribution in [0.15, 0.2) is 30.3 Å². The molecule has 18 heavy (non-hydrogen) atoms. The standard InChI is InChI=1S/C13H16N2O2S/c1-10(11-5-3-2-4-6-11)18-8-7-15-12(16)9-14-13(15)17/h2-6,10H,7-9H2,1H3,(H,14,17). The molecule has 0 aliphatic carbocycles. The van der Waals surface area contributed by atoms with Crippen LogP contribution in [0.25, 0.3) is 0 Å². The number of imide groups is 1. The highest BCUT2D eigenvalue weighted by Crippen LogP contribution is 2.27. The van der Waals surface area contributed by atoms with E-state index >= 15 is 0 Å². The SMILES string of the molecule is CC(SCCN1C(=O)CNC1=O)c1ccccc1. The van der Waals surface area contributed by atoms with Gasteiger partial charge in [-0.3, -0.25) is 9.69 Å². The first kappa shape index (κ1) is 13.0. The van der Waals surface area contributed by atoms with Crippen LogP contribution in [0, 0.1) is 0 Å². The topological polar surface area (TPSA) is 49.4 Å². The van der Waals surface area contributed by atoms with E-state index in [9.17, 15) is 9.59 Å². The third-order valence-electron chi connectivity index (χ3n) is 2.89. The number of rotatable bonds is 5. The van der Waals surface area contributed by atoms with E-state index in [0.717, 1.165) is 5.75 Å². The Morgan fingerprint density at radius 3 is 2.67 bits per heavy atom. The van der Waals surface area contributed by atoms with Gasteiger partial charge in [-0.2, -0.15) is 11.8 Å². The van der Waals surface area contributed by atoms with Gasteiger partial charge in [0.15, 0.2) is 0 Å². The van der Waals surface area contributed by atoms with Crippen LogP contribution >= 0.6 is 11.8 Å². The first-order chi connectivity index (χ1) is 8.68. The Morgan fingerprint density at radius 1 is 1.33 bits per heavy atom. The van der Waals surface area contributed by atoms with Gasteiger partial charge in [0, 0.05) is 17.5 Å². The summed E-state index contributed by atoms with van der Waals surface area (Å²) in [5.41, 5.74) is 1.26. The van der Waals surface area contributed by atoms with Gasteiger partial charge in [-0.1, -0.05) is 30.3 Å². The zero-order valence-electron chi connectivity index (χ0n) is 10.3. The summed E-state index contributed by atoms with van der Waals surface area (Å²) in [4.78, 5) is 24.0. The normalized spacial score (nSPS) is 16.8. The highest BCUT2D eigenvalue weighted by Gasteiger charge is 2.27. The quantitative estimate of drug-likeness (QED) is 0.828. The second-order valence-corrected chi connectivity index (χ2v) is 5.58. The van der Waals surface area contributed by atoms with Crippen molar-refractivity contribution < 1.29 is 9.59 Å². The van der Waals surface area contributed by atoms with Crippen LogP contribution in [-0.2, 0) is 4.79 Å². The van der Waals surface area contributed by atoms with Crippen molar-refractivity contribution in [2.75, 3.05) is 18.8 Å². The first-order valence-electron chi connectivity index (χ1n) is 5.93. The highest BCUT2D eigenvalue weighted by atomic mass is 32.2. The fourth-order valence-corrected chi connectivity index (χ4v) is 2.81. The summed E-state index contributed by atoms with van der Waals surface area (Å²) < 4.78 is 0. The smallest absolute Gasteiger partial charge is 0.324 e. The molecule has 0 bridgehead atoms. The average molecular weight is 264 g/mol. The van der Waals surface area contributed by atoms with Crippen molar-refractivity contribution in [1.82, 2.24) is 10.2 Å². The van der Waals surface area contributed by atoms with Gasteiger partial charge < -0.3 is 5.32 Å². The van der Waals surface area contributed by atoms with Gasteiger partial charge in [0.25, 0.3) is 0 Å². The lowest BCUT2D eigenvalue weighted by atomic mass is 10.2. The minimum Gasteiger partial charge on any atom is -0.329 e. The fraction of sp³-hybridized carbons (Fsp3) is 0.385. The molecule has 0 radical (unpaired) electrons. The Kier molecular flexibility index (Phi) is 4.25. The summed E-state index contributed by atoms with van der Waals surface area (Å²) in [5.74, 6) is 0.628. The van der Waals surface area contributed by atoms with Crippen LogP contribution in [-0.4, -0.2) is 35.7 Å². The maximum absolute atomic E-state index is 11.4. The number of urea groups is 1. The van der Waals surface area contributed by atoms with Gasteiger partial charge in [0.05, 0.1) is 6.54 Å². The van der Waals surface area contributed by atoms with E-state index in [2.05, 4.69) is 24.4 Å². The van der Waals surface area contributed by atoms with Gasteiger partial charge in [-0.25, -0.2) is 4.79 Å². The molecule has 1 fully saturated rings. The molecule has 1 N–H and O–H groups in total. The molecule has 5 heteroatoms. The zero-order valence-corrected chi connectivity index (χ0v) is 11.1. The summed E-state index contributed by atoms with van der Waals surface area (Å²) in [6.45, 7) is 2.75. The lowest BCUT2D eigenvalue weighted by molar-refractivity contribution is -0.124. The molecule has 1 atom stereocenters. The summed E-state index contributed by atoms with van der Waals surface area (Å²) in [6.07, 6.45) is 0. The number of nitrogens with one attached hydrogen (secondary N) is 1. The monoisotopic (exact) mass is 264 g/mol. The van der Waals surface area contributed by atoms with E-state index < -0.39 is 0 Å². The molecule has 1 aromatic carbocycles. The summed E-state index contributed by atoms with van der Waals surface area (Å²) >= 11 is 1.75. The molecule has 3 amide bonds. The van der Waals surface area contributed by atoms with Crippen molar-refractivity contribution in [1.29, 1.82) is 0 Å². The second-order valence-electron chi connectivity index (χ2n) is 4.13. The van der Waals surface area contributed by atoms with Gasteiger partial charge in [0.1, 0.15) is 0 Å². The summed E-state index contributed by atoms with van der Waals surface area (Å²) in [6, 6.07) is 9.94. The maximum Gasteiger partial charge on any atom is 0.324 e. The number of carbonyl (C=O) groups excluding carboxylic acids is 2. The predicted octanol–water partition coefficient (Wildman–Crippen LogP) is 2.03. The Hall–Kier alpha value is -1.49. The third-order valence-corrected chi connectivity index (χ3v) is 4.08. The van der Waals surface area contributed by atoms with Crippen LogP contribution in [0.1, 0.15) is 17.7 Å². The number of hydrogen-bond acceptors (Lipinski definition) is 3. The van der Waals surface area contributed by atoms with Gasteiger partial charge in [-0.15, -0.1) is 0 Å². The van der Waals surface area contributed by atoms with Crippen molar-refractivity contribution in [2.45, 2.75) is 12.2 Å². The molecule has 0 aromatic heterocycles. The van der Waals surface area contributed by atoms with E-state index in [1.807, 2.05) is 18.2 Å². The number of benzene rings is 1. The van der Waals surface area contributed by atoms with Crippen LogP contribution in [0.2, 0.25) is 0 Å². The lowest BCUT2D eigenvalue weighted by Gasteiger charge is -2.15. The van der Waals surface area contributed by atoms with E-state index in [0.29, 0.717) is 11.8 Å². The molecule has 4 nitrogen and oxygen atoms in total. The Morgan fingerprint density at radius 2 is 2.06 bits per heavy atom. The third kappa shape index (κ3) is 3.04. The maximum atomic E-state index is 11.4. The number of nitrogens with zero attached hydrogens (tertiary/aromatic N) is 1. The average Bonchev–Trinajstić information content (AvgIpc) is 2.71. The first-order valence-corrected chi connectivity index (χ1v) is 6.98. The van der Waals surface area contributed by atoms with E-state index in [1.165, 1.54) is 10.5 Å². The van der Waals surface area contributed by atoms with Crippen LogP contribution in [0.5, 0.6) is 0 Å². The Balaban J connectivity index is 1.79. The Labute approximate surface area is 111 Å². The van der Waals surface area contributed by atoms with Crippen molar-refractivity contribution in [3.63, 3.8) is 0 Å². The number of thioether (sulfide) groups is 1. The molecule has 1 heterocycles. The molecule has 1 unspecified atom stereocenters. The van der Waals surface area contributed by atoms with Gasteiger partial charge in [0.2, 0.25) is 5.91 Å². The molecule has 0 saturated carbocycles. The molecular weight excluding hydrogens is 248 g/mol. The minimum absolute atomic E-state index is 0.132. The Bertz CT molecular complexity index is 420. The molecule has 96 valence electrons. The van der Waals surface area contributed by atoms with Crippen LogP contribution in [0.4, 0.5) is 4.79 Å². The fourth-order valence-electron chi connectivity index (χ4n) is 1.82. The van der Waals surface area contributed by atoms with Crippen molar-refractivity contribution in [2.24, 2.45) is 0 Å². The largest absolute Gasteiger partial charge is 0.329 e. The molecule has 1 aliphatic rings. The minimum atomic E-state index is -0.270. The van der Waals surface area contributed by atoms with Gasteiger partial charge >= 0.3 is 6.03 Å². The molecular formula is C13H16N2O2S. The van der Waals surface area contributed by atoms with E-state index in [1.54, 1.807) is 11.8 Å². The molecule has 1 aliphatic heterocycles. The van der Waals surface area contributed by atoms with Crippen molar-refractivity contribution >= 4 is 23.7 Å². The number of amides is 3. The highest BCUT2D eigenvalue weighted by molar-refractivity contribution is 7.99. The summed E-state index contributed by atoms with van der Waals surface area (Å²) in [5, 5.41) is 2.88.